The topological polar surface area (TPSA) is 104 Å². The van der Waals surface area contributed by atoms with Crippen LogP contribution in [0.4, 0.5) is 5.69 Å². The van der Waals surface area contributed by atoms with E-state index in [1.807, 2.05) is 30.3 Å². The Morgan fingerprint density at radius 1 is 1.07 bits per heavy atom. The largest absolute Gasteiger partial charge is 0.507 e. The third kappa shape index (κ3) is 4.05. The van der Waals surface area contributed by atoms with Crippen molar-refractivity contribution < 1.29 is 22.9 Å². The number of anilines is 1. The van der Waals surface area contributed by atoms with Crippen LogP contribution < -0.4 is 5.32 Å². The van der Waals surface area contributed by atoms with Gasteiger partial charge in [-0.3, -0.25) is 9.35 Å². The number of carbonyl (C=O) groups excluding carboxylic acids is 1. The molecule has 0 fully saturated rings. The van der Waals surface area contributed by atoms with Crippen LogP contribution in [0.25, 0.3) is 10.8 Å². The fraction of sp³-hybridized carbons (Fsp3) is 0.105. The predicted molar refractivity (Wildman–Crippen MR) is 104 cm³/mol. The quantitative estimate of drug-likeness (QED) is 0.327. The van der Waals surface area contributed by atoms with Gasteiger partial charge in [0.15, 0.2) is 5.78 Å². The van der Waals surface area contributed by atoms with E-state index in [1.54, 1.807) is 0 Å². The zero-order valence-electron chi connectivity index (χ0n) is 14.0. The highest BCUT2D eigenvalue weighted by Gasteiger charge is 2.19. The summed E-state index contributed by atoms with van der Waals surface area (Å²) in [4.78, 5) is 11.8. The van der Waals surface area contributed by atoms with Crippen LogP contribution in [0.5, 0.6) is 5.75 Å². The SMILES string of the molecule is O=C(CCl)c1ccc2cc(S(=O)(=O)O)cc(O)c2c1NCc1ccccc1. The van der Waals surface area contributed by atoms with Crippen LogP contribution in [0.2, 0.25) is 0 Å². The minimum Gasteiger partial charge on any atom is -0.507 e. The summed E-state index contributed by atoms with van der Waals surface area (Å²) < 4.78 is 32.1. The van der Waals surface area contributed by atoms with Crippen molar-refractivity contribution in [1.29, 1.82) is 0 Å². The van der Waals surface area contributed by atoms with Gasteiger partial charge in [-0.05, 0) is 23.1 Å². The molecule has 3 rings (SSSR count). The van der Waals surface area contributed by atoms with Crippen molar-refractivity contribution >= 4 is 44.0 Å². The fourth-order valence-corrected chi connectivity index (χ4v) is 3.52. The summed E-state index contributed by atoms with van der Waals surface area (Å²) in [6, 6.07) is 14.6. The molecule has 3 aromatic rings. The number of aromatic hydroxyl groups is 1. The second-order valence-corrected chi connectivity index (χ2v) is 7.59. The second kappa shape index (κ2) is 7.56. The number of halogens is 1. The molecule has 0 heterocycles. The molecular formula is C19H16ClNO5S. The number of carbonyl (C=O) groups is 1. The van der Waals surface area contributed by atoms with Crippen LogP contribution in [0.1, 0.15) is 15.9 Å². The van der Waals surface area contributed by atoms with Gasteiger partial charge in [-0.25, -0.2) is 0 Å². The molecule has 0 amide bonds. The lowest BCUT2D eigenvalue weighted by molar-refractivity contribution is 0.102. The standard InChI is InChI=1S/C19H16ClNO5S/c20-10-17(23)15-7-6-13-8-14(27(24,25)26)9-16(22)18(13)19(15)21-11-12-4-2-1-3-5-12/h1-9,21-22H,10-11H2,(H,24,25,26). The summed E-state index contributed by atoms with van der Waals surface area (Å²) in [6.45, 7) is 0.377. The number of benzene rings is 3. The summed E-state index contributed by atoms with van der Waals surface area (Å²) in [7, 11) is -4.48. The number of rotatable bonds is 6. The van der Waals surface area contributed by atoms with Gasteiger partial charge in [0.05, 0.1) is 16.5 Å². The molecule has 6 nitrogen and oxygen atoms in total. The first-order chi connectivity index (χ1) is 12.8. The maximum Gasteiger partial charge on any atom is 0.294 e. The van der Waals surface area contributed by atoms with E-state index in [2.05, 4.69) is 5.32 Å². The first kappa shape index (κ1) is 19.2. The van der Waals surface area contributed by atoms with E-state index < -0.39 is 15.0 Å². The number of hydrogen-bond donors (Lipinski definition) is 3. The van der Waals surface area contributed by atoms with Gasteiger partial charge < -0.3 is 10.4 Å². The van der Waals surface area contributed by atoms with Crippen LogP contribution >= 0.6 is 11.6 Å². The Balaban J connectivity index is 2.18. The van der Waals surface area contributed by atoms with Crippen molar-refractivity contribution in [3.63, 3.8) is 0 Å². The van der Waals surface area contributed by atoms with Crippen LogP contribution in [-0.2, 0) is 16.7 Å². The van der Waals surface area contributed by atoms with E-state index in [0.717, 1.165) is 11.6 Å². The highest BCUT2D eigenvalue weighted by atomic mass is 35.5. The molecule has 0 bridgehead atoms. The van der Waals surface area contributed by atoms with Gasteiger partial charge in [0.1, 0.15) is 5.75 Å². The lowest BCUT2D eigenvalue weighted by atomic mass is 10.0. The zero-order chi connectivity index (χ0) is 19.6. The summed E-state index contributed by atoms with van der Waals surface area (Å²) in [5.41, 5.74) is 1.58. The van der Waals surface area contributed by atoms with Crippen molar-refractivity contribution in [3.05, 3.63) is 65.7 Å². The van der Waals surface area contributed by atoms with E-state index in [0.29, 0.717) is 17.6 Å². The van der Waals surface area contributed by atoms with Crippen molar-refractivity contribution in [3.8, 4) is 5.75 Å². The average Bonchev–Trinajstić information content (AvgIpc) is 2.65. The molecule has 27 heavy (non-hydrogen) atoms. The summed E-state index contributed by atoms with van der Waals surface area (Å²) in [5, 5.41) is 14.2. The minimum absolute atomic E-state index is 0.241. The van der Waals surface area contributed by atoms with Gasteiger partial charge in [-0.2, -0.15) is 8.42 Å². The molecule has 0 aliphatic carbocycles. The molecule has 3 aromatic carbocycles. The normalized spacial score (nSPS) is 11.5. The molecule has 0 saturated carbocycles. The Kier molecular flexibility index (Phi) is 5.36. The number of phenolic OH excluding ortho intramolecular Hbond substituents is 1. The van der Waals surface area contributed by atoms with E-state index in [4.69, 9.17) is 11.6 Å². The third-order valence-electron chi connectivity index (χ3n) is 4.10. The summed E-state index contributed by atoms with van der Waals surface area (Å²) >= 11 is 5.70. The molecule has 0 aromatic heterocycles. The number of fused-ring (bicyclic) bond motifs is 1. The molecular weight excluding hydrogens is 390 g/mol. The van der Waals surface area contributed by atoms with E-state index in [9.17, 15) is 22.9 Å². The van der Waals surface area contributed by atoms with Crippen LogP contribution in [0.15, 0.2) is 59.5 Å². The van der Waals surface area contributed by atoms with Gasteiger partial charge in [0.2, 0.25) is 0 Å². The number of nitrogens with one attached hydrogen (secondary N) is 1. The number of alkyl halides is 1. The maximum absolute atomic E-state index is 12.2. The van der Waals surface area contributed by atoms with Gasteiger partial charge in [-0.1, -0.05) is 36.4 Å². The number of ketones is 1. The molecule has 0 aliphatic rings. The van der Waals surface area contributed by atoms with Gasteiger partial charge >= 0.3 is 0 Å². The monoisotopic (exact) mass is 405 g/mol. The first-order valence-corrected chi connectivity index (χ1v) is 9.93. The lowest BCUT2D eigenvalue weighted by Gasteiger charge is -2.16. The molecule has 140 valence electrons. The van der Waals surface area contributed by atoms with Gasteiger partial charge in [-0.15, -0.1) is 11.6 Å². The Labute approximate surface area is 161 Å². The highest BCUT2D eigenvalue weighted by molar-refractivity contribution is 7.85. The predicted octanol–water partition coefficient (Wildman–Crippen LogP) is 3.83. The highest BCUT2D eigenvalue weighted by Crippen LogP contribution is 2.37. The molecule has 0 aliphatic heterocycles. The lowest BCUT2D eigenvalue weighted by Crippen LogP contribution is -2.09. The Morgan fingerprint density at radius 3 is 2.41 bits per heavy atom. The van der Waals surface area contributed by atoms with E-state index in [1.165, 1.54) is 18.2 Å². The molecule has 0 atom stereocenters. The van der Waals surface area contributed by atoms with Gasteiger partial charge in [0, 0.05) is 23.6 Å². The van der Waals surface area contributed by atoms with E-state index >= 15 is 0 Å². The van der Waals surface area contributed by atoms with Crippen LogP contribution in [0, 0.1) is 0 Å². The molecule has 0 spiro atoms. The first-order valence-electron chi connectivity index (χ1n) is 7.95. The number of Topliss-reactive ketones (excluding diaryl/α,β-unsaturated/α-hetero) is 1. The minimum atomic E-state index is -4.48. The fourth-order valence-electron chi connectivity index (χ4n) is 2.84. The van der Waals surface area contributed by atoms with Gasteiger partial charge in [0.25, 0.3) is 10.1 Å². The Morgan fingerprint density at radius 2 is 1.78 bits per heavy atom. The third-order valence-corrected chi connectivity index (χ3v) is 5.18. The van der Waals surface area contributed by atoms with Crippen LogP contribution in [-0.4, -0.2) is 29.7 Å². The van der Waals surface area contributed by atoms with Crippen LogP contribution in [0.3, 0.4) is 0 Å². The number of hydrogen-bond acceptors (Lipinski definition) is 5. The molecule has 3 N–H and O–H groups in total. The number of phenols is 1. The van der Waals surface area contributed by atoms with E-state index in [-0.39, 0.29) is 28.4 Å². The zero-order valence-corrected chi connectivity index (χ0v) is 15.6. The summed E-state index contributed by atoms with van der Waals surface area (Å²) in [6.07, 6.45) is 0. The van der Waals surface area contributed by atoms with Crippen molar-refractivity contribution in [2.45, 2.75) is 11.4 Å². The smallest absolute Gasteiger partial charge is 0.294 e. The molecule has 0 radical (unpaired) electrons. The Bertz CT molecular complexity index is 1110. The Hall–Kier alpha value is -2.61. The van der Waals surface area contributed by atoms with Crippen molar-refractivity contribution in [2.24, 2.45) is 0 Å². The maximum atomic E-state index is 12.2. The molecule has 0 unspecified atom stereocenters. The summed E-state index contributed by atoms with van der Waals surface area (Å²) in [5.74, 6) is -0.956. The second-order valence-electron chi connectivity index (χ2n) is 5.90. The van der Waals surface area contributed by atoms with Crippen molar-refractivity contribution in [1.82, 2.24) is 0 Å². The molecule has 8 heteroatoms. The van der Waals surface area contributed by atoms with Crippen molar-refractivity contribution in [2.75, 3.05) is 11.2 Å². The average molecular weight is 406 g/mol. The molecule has 0 saturated heterocycles.